The number of anilines is 1. The molecule has 0 aliphatic heterocycles. The highest BCUT2D eigenvalue weighted by Crippen LogP contribution is 2.35. The van der Waals surface area contributed by atoms with Crippen molar-refractivity contribution in [2.24, 2.45) is 0 Å². The SMILES string of the molecule is CC1(Nc2ncc(Br)cc2C(=O)O)CCC1. The van der Waals surface area contributed by atoms with E-state index in [2.05, 4.69) is 33.2 Å². The summed E-state index contributed by atoms with van der Waals surface area (Å²) in [5, 5.41) is 12.3. The van der Waals surface area contributed by atoms with E-state index in [1.165, 1.54) is 6.42 Å². The molecular formula is C11H13BrN2O2. The maximum absolute atomic E-state index is 11.1. The van der Waals surface area contributed by atoms with Gasteiger partial charge in [0.05, 0.1) is 0 Å². The third kappa shape index (κ3) is 2.19. The fourth-order valence-corrected chi connectivity index (χ4v) is 2.15. The number of pyridine rings is 1. The van der Waals surface area contributed by atoms with E-state index in [0.29, 0.717) is 10.3 Å². The largest absolute Gasteiger partial charge is 0.478 e. The first-order valence-electron chi connectivity index (χ1n) is 5.17. The second-order valence-electron chi connectivity index (χ2n) is 4.39. The van der Waals surface area contributed by atoms with E-state index in [4.69, 9.17) is 5.11 Å². The summed E-state index contributed by atoms with van der Waals surface area (Å²) in [7, 11) is 0. The second kappa shape index (κ2) is 4.05. The average molecular weight is 285 g/mol. The zero-order chi connectivity index (χ0) is 11.8. The number of aromatic nitrogens is 1. The van der Waals surface area contributed by atoms with Gasteiger partial charge < -0.3 is 10.4 Å². The third-order valence-electron chi connectivity index (χ3n) is 2.96. The molecule has 0 unspecified atom stereocenters. The second-order valence-corrected chi connectivity index (χ2v) is 5.31. The highest BCUT2D eigenvalue weighted by molar-refractivity contribution is 9.10. The van der Waals surface area contributed by atoms with Gasteiger partial charge in [0.25, 0.3) is 0 Å². The molecule has 1 fully saturated rings. The quantitative estimate of drug-likeness (QED) is 0.896. The summed E-state index contributed by atoms with van der Waals surface area (Å²) >= 11 is 3.22. The molecule has 1 aromatic heterocycles. The van der Waals surface area contributed by atoms with E-state index in [1.54, 1.807) is 12.3 Å². The number of carboxylic acids is 1. The van der Waals surface area contributed by atoms with Crippen molar-refractivity contribution in [2.75, 3.05) is 5.32 Å². The number of halogens is 1. The zero-order valence-corrected chi connectivity index (χ0v) is 10.5. The van der Waals surface area contributed by atoms with Crippen LogP contribution in [0.15, 0.2) is 16.7 Å². The molecule has 0 bridgehead atoms. The van der Waals surface area contributed by atoms with Gasteiger partial charge in [-0.15, -0.1) is 0 Å². The van der Waals surface area contributed by atoms with Crippen molar-refractivity contribution in [3.63, 3.8) is 0 Å². The van der Waals surface area contributed by atoms with Gasteiger partial charge in [0.15, 0.2) is 0 Å². The van der Waals surface area contributed by atoms with Crippen LogP contribution in [0.1, 0.15) is 36.5 Å². The Morgan fingerprint density at radius 1 is 1.62 bits per heavy atom. The number of carboxylic acid groups (broad SMARTS) is 1. The number of hydrogen-bond acceptors (Lipinski definition) is 3. The van der Waals surface area contributed by atoms with E-state index in [9.17, 15) is 4.79 Å². The van der Waals surface area contributed by atoms with E-state index in [1.807, 2.05) is 0 Å². The van der Waals surface area contributed by atoms with Gasteiger partial charge in [0, 0.05) is 16.2 Å². The maximum atomic E-state index is 11.1. The smallest absolute Gasteiger partial charge is 0.339 e. The Balaban J connectivity index is 2.29. The van der Waals surface area contributed by atoms with Gasteiger partial charge in [-0.25, -0.2) is 9.78 Å². The monoisotopic (exact) mass is 284 g/mol. The van der Waals surface area contributed by atoms with Crippen molar-refractivity contribution in [3.8, 4) is 0 Å². The Hall–Kier alpha value is -1.10. The predicted octanol–water partition coefficient (Wildman–Crippen LogP) is 2.90. The number of rotatable bonds is 3. The molecule has 1 aliphatic rings. The molecule has 0 amide bonds. The summed E-state index contributed by atoms with van der Waals surface area (Å²) in [5.41, 5.74) is 0.216. The lowest BCUT2D eigenvalue weighted by molar-refractivity contribution is 0.0697. The highest BCUT2D eigenvalue weighted by Gasteiger charge is 2.32. The molecule has 1 aromatic rings. The lowest BCUT2D eigenvalue weighted by atomic mass is 9.78. The van der Waals surface area contributed by atoms with Gasteiger partial charge >= 0.3 is 5.97 Å². The molecule has 0 atom stereocenters. The van der Waals surface area contributed by atoms with Crippen LogP contribution in [0.4, 0.5) is 5.82 Å². The van der Waals surface area contributed by atoms with Crippen LogP contribution in [0.25, 0.3) is 0 Å². The van der Waals surface area contributed by atoms with Crippen molar-refractivity contribution in [1.82, 2.24) is 4.98 Å². The van der Waals surface area contributed by atoms with Crippen LogP contribution >= 0.6 is 15.9 Å². The molecule has 1 heterocycles. The lowest BCUT2D eigenvalue weighted by Crippen LogP contribution is -2.42. The molecule has 2 rings (SSSR count). The Kier molecular flexibility index (Phi) is 2.88. The number of hydrogen-bond donors (Lipinski definition) is 2. The molecule has 5 heteroatoms. The molecule has 1 saturated carbocycles. The van der Waals surface area contributed by atoms with Crippen LogP contribution in [0.3, 0.4) is 0 Å². The van der Waals surface area contributed by atoms with Crippen LogP contribution in [-0.4, -0.2) is 21.6 Å². The zero-order valence-electron chi connectivity index (χ0n) is 8.96. The normalized spacial score (nSPS) is 17.6. The average Bonchev–Trinajstić information content (AvgIpc) is 2.18. The van der Waals surface area contributed by atoms with E-state index >= 15 is 0 Å². The van der Waals surface area contributed by atoms with Gasteiger partial charge in [0.2, 0.25) is 0 Å². The van der Waals surface area contributed by atoms with Crippen molar-refractivity contribution in [1.29, 1.82) is 0 Å². The first kappa shape index (κ1) is 11.4. The molecule has 16 heavy (non-hydrogen) atoms. The molecule has 0 saturated heterocycles. The summed E-state index contributed by atoms with van der Waals surface area (Å²) in [5.74, 6) is -0.503. The Bertz CT molecular complexity index is 430. The predicted molar refractivity (Wildman–Crippen MR) is 64.8 cm³/mol. The van der Waals surface area contributed by atoms with Crippen molar-refractivity contribution in [3.05, 3.63) is 22.3 Å². The molecular weight excluding hydrogens is 272 g/mol. The fraction of sp³-hybridized carbons (Fsp3) is 0.455. The van der Waals surface area contributed by atoms with Crippen LogP contribution < -0.4 is 5.32 Å². The standard InChI is InChI=1S/C11H13BrN2O2/c1-11(3-2-4-11)14-9-8(10(15)16)5-7(12)6-13-9/h5-6H,2-4H2,1H3,(H,13,14)(H,15,16). The number of carbonyl (C=O) groups is 1. The summed E-state index contributed by atoms with van der Waals surface area (Å²) in [6, 6.07) is 1.57. The lowest BCUT2D eigenvalue weighted by Gasteiger charge is -2.39. The summed E-state index contributed by atoms with van der Waals surface area (Å²) in [6.45, 7) is 2.09. The van der Waals surface area contributed by atoms with Gasteiger partial charge in [-0.3, -0.25) is 0 Å². The maximum Gasteiger partial charge on any atom is 0.339 e. The Morgan fingerprint density at radius 3 is 2.81 bits per heavy atom. The molecule has 86 valence electrons. The highest BCUT2D eigenvalue weighted by atomic mass is 79.9. The van der Waals surface area contributed by atoms with Crippen LogP contribution in [0.5, 0.6) is 0 Å². The summed E-state index contributed by atoms with van der Waals surface area (Å²) in [4.78, 5) is 15.2. The first-order chi connectivity index (χ1) is 7.50. The Labute approximate surface area is 102 Å². The van der Waals surface area contributed by atoms with Crippen molar-refractivity contribution < 1.29 is 9.90 Å². The van der Waals surface area contributed by atoms with E-state index in [-0.39, 0.29) is 11.1 Å². The van der Waals surface area contributed by atoms with Crippen LogP contribution in [0, 0.1) is 0 Å². The fourth-order valence-electron chi connectivity index (χ4n) is 1.82. The first-order valence-corrected chi connectivity index (χ1v) is 5.96. The summed E-state index contributed by atoms with van der Waals surface area (Å²) < 4.78 is 0.675. The number of nitrogens with one attached hydrogen (secondary N) is 1. The van der Waals surface area contributed by atoms with Gasteiger partial charge in [-0.05, 0) is 48.2 Å². The third-order valence-corrected chi connectivity index (χ3v) is 3.40. The Morgan fingerprint density at radius 2 is 2.31 bits per heavy atom. The summed E-state index contributed by atoms with van der Waals surface area (Å²) in [6.07, 6.45) is 4.91. The van der Waals surface area contributed by atoms with Gasteiger partial charge in [0.1, 0.15) is 11.4 Å². The molecule has 0 radical (unpaired) electrons. The molecule has 4 nitrogen and oxygen atoms in total. The van der Waals surface area contributed by atoms with E-state index < -0.39 is 5.97 Å². The molecule has 0 spiro atoms. The minimum Gasteiger partial charge on any atom is -0.478 e. The molecule has 2 N–H and O–H groups in total. The van der Waals surface area contributed by atoms with Crippen LogP contribution in [-0.2, 0) is 0 Å². The van der Waals surface area contributed by atoms with Gasteiger partial charge in [-0.2, -0.15) is 0 Å². The van der Waals surface area contributed by atoms with Gasteiger partial charge in [-0.1, -0.05) is 0 Å². The number of nitrogens with zero attached hydrogens (tertiary/aromatic N) is 1. The van der Waals surface area contributed by atoms with E-state index in [0.717, 1.165) is 12.8 Å². The van der Waals surface area contributed by atoms with Crippen molar-refractivity contribution >= 4 is 27.7 Å². The topological polar surface area (TPSA) is 62.2 Å². The molecule has 0 aromatic carbocycles. The van der Waals surface area contributed by atoms with Crippen molar-refractivity contribution in [2.45, 2.75) is 31.7 Å². The number of aromatic carboxylic acids is 1. The van der Waals surface area contributed by atoms with Crippen LogP contribution in [0.2, 0.25) is 0 Å². The minimum absolute atomic E-state index is 0.00499. The minimum atomic E-state index is -0.959. The molecule has 1 aliphatic carbocycles.